The molecule has 2 aliphatic heterocycles. The summed E-state index contributed by atoms with van der Waals surface area (Å²) < 4.78 is 45.8. The molecule has 2 aromatic rings. The van der Waals surface area contributed by atoms with Gasteiger partial charge in [-0.15, -0.1) is 0 Å². The van der Waals surface area contributed by atoms with Crippen LogP contribution in [0.3, 0.4) is 0 Å². The van der Waals surface area contributed by atoms with Crippen LogP contribution in [0.4, 0.5) is 4.79 Å². The molecule has 1 amide bonds. The van der Waals surface area contributed by atoms with Gasteiger partial charge in [-0.1, -0.05) is 49.6 Å². The summed E-state index contributed by atoms with van der Waals surface area (Å²) in [6, 6.07) is 12.2. The first kappa shape index (κ1) is 21.6. The van der Waals surface area contributed by atoms with Crippen molar-refractivity contribution in [3.8, 4) is 0 Å². The Morgan fingerprint density at radius 2 is 1.69 bits per heavy atom. The summed E-state index contributed by atoms with van der Waals surface area (Å²) in [5, 5.41) is 4.75. The Kier molecular flexibility index (Phi) is 6.07. The number of hydrogen-bond acceptors (Lipinski definition) is 6. The molecule has 0 bridgehead atoms. The number of fused-ring (bicyclic) bond motifs is 2. The second-order valence-corrected chi connectivity index (χ2v) is 10.5. The number of benzene rings is 2. The Morgan fingerprint density at radius 3 is 2.50 bits per heavy atom. The lowest BCUT2D eigenvalue weighted by molar-refractivity contribution is 0.00281. The standard InChI is InChI=1S/C23H28N2O6S/c26-23(24-17-8-2-1-3-9-17)31-20-14-30-21-19(13-29-22(20)21)25-32(27,28)18-11-10-15-6-4-5-7-16(15)12-18/h4-7,10-12,17,19-22,25H,1-3,8-9,13-14H2,(H,24,26)/t19-,20+,21+,22+/m0/s1. The predicted molar refractivity (Wildman–Crippen MR) is 118 cm³/mol. The third-order valence-electron chi connectivity index (χ3n) is 6.53. The van der Waals surface area contributed by atoms with E-state index in [-0.39, 0.29) is 24.2 Å². The van der Waals surface area contributed by atoms with Crippen molar-refractivity contribution >= 4 is 26.9 Å². The Bertz CT molecular complexity index is 1080. The van der Waals surface area contributed by atoms with Gasteiger partial charge in [0.1, 0.15) is 12.2 Å². The van der Waals surface area contributed by atoms with Crippen LogP contribution in [0.5, 0.6) is 0 Å². The summed E-state index contributed by atoms with van der Waals surface area (Å²) >= 11 is 0. The number of ether oxygens (including phenoxy) is 3. The van der Waals surface area contributed by atoms with E-state index in [1.165, 1.54) is 6.42 Å². The number of hydrogen-bond donors (Lipinski definition) is 2. The number of rotatable bonds is 5. The lowest BCUT2D eigenvalue weighted by Crippen LogP contribution is -2.45. The molecule has 0 unspecified atom stereocenters. The molecule has 5 rings (SSSR count). The molecule has 3 aliphatic rings. The van der Waals surface area contributed by atoms with Crippen molar-refractivity contribution in [3.05, 3.63) is 42.5 Å². The van der Waals surface area contributed by atoms with Gasteiger partial charge in [0.2, 0.25) is 10.0 Å². The van der Waals surface area contributed by atoms with Crippen molar-refractivity contribution in [2.75, 3.05) is 13.2 Å². The van der Waals surface area contributed by atoms with Gasteiger partial charge in [0, 0.05) is 6.04 Å². The van der Waals surface area contributed by atoms with Gasteiger partial charge in [-0.3, -0.25) is 0 Å². The minimum Gasteiger partial charge on any atom is -0.441 e. The highest BCUT2D eigenvalue weighted by atomic mass is 32.2. The molecule has 1 aliphatic carbocycles. The largest absolute Gasteiger partial charge is 0.441 e. The second kappa shape index (κ2) is 8.97. The van der Waals surface area contributed by atoms with E-state index in [0.717, 1.165) is 36.5 Å². The summed E-state index contributed by atoms with van der Waals surface area (Å²) in [7, 11) is -3.76. The molecule has 0 spiro atoms. The summed E-state index contributed by atoms with van der Waals surface area (Å²) in [4.78, 5) is 12.5. The van der Waals surface area contributed by atoms with E-state index in [1.54, 1.807) is 18.2 Å². The molecule has 2 heterocycles. The molecule has 8 nitrogen and oxygen atoms in total. The summed E-state index contributed by atoms with van der Waals surface area (Å²) in [5.41, 5.74) is 0. The minimum absolute atomic E-state index is 0.153. The van der Waals surface area contributed by atoms with Gasteiger partial charge in [-0.2, -0.15) is 0 Å². The number of nitrogens with one attached hydrogen (secondary N) is 2. The van der Waals surface area contributed by atoms with E-state index in [0.29, 0.717) is 0 Å². The average Bonchev–Trinajstić information content (AvgIpc) is 3.37. The van der Waals surface area contributed by atoms with Gasteiger partial charge in [0.25, 0.3) is 0 Å². The molecule has 2 aromatic carbocycles. The fraction of sp³-hybridized carbons (Fsp3) is 0.522. The Labute approximate surface area is 187 Å². The quantitative estimate of drug-likeness (QED) is 0.711. The van der Waals surface area contributed by atoms with E-state index in [1.807, 2.05) is 24.3 Å². The van der Waals surface area contributed by atoms with E-state index >= 15 is 0 Å². The summed E-state index contributed by atoms with van der Waals surface area (Å²) in [6.07, 6.45) is 3.37. The zero-order chi connectivity index (χ0) is 22.1. The SMILES string of the molecule is O=C(NC1CCCCC1)O[C@@H]1CO[C@H]2[C@@H]1OC[C@@H]2NS(=O)(=O)c1ccc2ccccc2c1. The fourth-order valence-electron chi connectivity index (χ4n) is 4.85. The Morgan fingerprint density at radius 1 is 0.938 bits per heavy atom. The maximum absolute atomic E-state index is 13.0. The van der Waals surface area contributed by atoms with Crippen molar-refractivity contribution < 1.29 is 27.4 Å². The number of carbonyl (C=O) groups excluding carboxylic acids is 1. The molecular weight excluding hydrogens is 432 g/mol. The normalized spacial score (nSPS) is 28.5. The van der Waals surface area contributed by atoms with Crippen LogP contribution in [0.2, 0.25) is 0 Å². The monoisotopic (exact) mass is 460 g/mol. The maximum atomic E-state index is 13.0. The molecule has 0 radical (unpaired) electrons. The third-order valence-corrected chi connectivity index (χ3v) is 8.02. The molecule has 9 heteroatoms. The number of alkyl carbamates (subject to hydrolysis) is 1. The first-order chi connectivity index (χ1) is 15.5. The maximum Gasteiger partial charge on any atom is 0.407 e. The molecule has 172 valence electrons. The molecular formula is C23H28N2O6S. The van der Waals surface area contributed by atoms with Crippen LogP contribution in [-0.2, 0) is 24.2 Å². The number of sulfonamides is 1. The van der Waals surface area contributed by atoms with Gasteiger partial charge in [0.05, 0.1) is 24.2 Å². The topological polar surface area (TPSA) is 103 Å². The molecule has 32 heavy (non-hydrogen) atoms. The number of amides is 1. The van der Waals surface area contributed by atoms with Crippen LogP contribution in [0.25, 0.3) is 10.8 Å². The van der Waals surface area contributed by atoms with Crippen molar-refractivity contribution in [1.29, 1.82) is 0 Å². The molecule has 3 fully saturated rings. The highest BCUT2D eigenvalue weighted by Gasteiger charge is 2.50. The van der Waals surface area contributed by atoms with Crippen LogP contribution < -0.4 is 10.0 Å². The van der Waals surface area contributed by atoms with Crippen LogP contribution >= 0.6 is 0 Å². The van der Waals surface area contributed by atoms with Crippen LogP contribution in [0.15, 0.2) is 47.4 Å². The Hall–Kier alpha value is -2.20. The van der Waals surface area contributed by atoms with Crippen molar-refractivity contribution in [2.45, 2.75) is 67.4 Å². The summed E-state index contributed by atoms with van der Waals surface area (Å²) in [5.74, 6) is 0. The molecule has 2 saturated heterocycles. The number of carbonyl (C=O) groups is 1. The van der Waals surface area contributed by atoms with Crippen LogP contribution in [-0.4, -0.2) is 58.1 Å². The van der Waals surface area contributed by atoms with Crippen molar-refractivity contribution in [3.63, 3.8) is 0 Å². The van der Waals surface area contributed by atoms with Gasteiger partial charge in [-0.25, -0.2) is 17.9 Å². The molecule has 0 aromatic heterocycles. The molecule has 2 N–H and O–H groups in total. The first-order valence-corrected chi connectivity index (χ1v) is 12.7. The lowest BCUT2D eigenvalue weighted by Gasteiger charge is -2.24. The highest BCUT2D eigenvalue weighted by molar-refractivity contribution is 7.89. The third kappa shape index (κ3) is 4.47. The van der Waals surface area contributed by atoms with Crippen LogP contribution in [0.1, 0.15) is 32.1 Å². The Balaban J connectivity index is 1.20. The zero-order valence-electron chi connectivity index (χ0n) is 17.7. The predicted octanol–water partition coefficient (Wildman–Crippen LogP) is 2.71. The van der Waals surface area contributed by atoms with Gasteiger partial charge < -0.3 is 19.5 Å². The zero-order valence-corrected chi connectivity index (χ0v) is 18.6. The van der Waals surface area contributed by atoms with Crippen LogP contribution in [0, 0.1) is 0 Å². The molecule has 4 atom stereocenters. The van der Waals surface area contributed by atoms with E-state index in [2.05, 4.69) is 10.0 Å². The second-order valence-electron chi connectivity index (χ2n) is 8.76. The van der Waals surface area contributed by atoms with Gasteiger partial charge in [-0.05, 0) is 35.7 Å². The van der Waals surface area contributed by atoms with E-state index < -0.39 is 40.5 Å². The smallest absolute Gasteiger partial charge is 0.407 e. The average molecular weight is 461 g/mol. The van der Waals surface area contributed by atoms with Gasteiger partial charge >= 0.3 is 6.09 Å². The van der Waals surface area contributed by atoms with E-state index in [4.69, 9.17) is 14.2 Å². The first-order valence-electron chi connectivity index (χ1n) is 11.2. The van der Waals surface area contributed by atoms with Crippen molar-refractivity contribution in [1.82, 2.24) is 10.0 Å². The summed E-state index contributed by atoms with van der Waals surface area (Å²) in [6.45, 7) is 0.341. The minimum atomic E-state index is -3.76. The van der Waals surface area contributed by atoms with E-state index in [9.17, 15) is 13.2 Å². The molecule has 1 saturated carbocycles. The lowest BCUT2D eigenvalue weighted by atomic mass is 9.96. The van der Waals surface area contributed by atoms with Gasteiger partial charge in [0.15, 0.2) is 6.10 Å². The fourth-order valence-corrected chi connectivity index (χ4v) is 6.12. The highest BCUT2D eigenvalue weighted by Crippen LogP contribution is 2.30. The van der Waals surface area contributed by atoms with Crippen molar-refractivity contribution in [2.24, 2.45) is 0 Å².